The van der Waals surface area contributed by atoms with Crippen LogP contribution in [0.5, 0.6) is 0 Å². The topological polar surface area (TPSA) is 55.8 Å². The Bertz CT molecular complexity index is 570. The number of nitrogens with zero attached hydrogens (tertiary/aromatic N) is 1. The van der Waals surface area contributed by atoms with Crippen LogP contribution in [0.25, 0.3) is 0 Å². The van der Waals surface area contributed by atoms with E-state index in [1.807, 2.05) is 49.4 Å². The summed E-state index contributed by atoms with van der Waals surface area (Å²) in [6.07, 6.45) is 6.38. The van der Waals surface area contributed by atoms with Gasteiger partial charge in [0.05, 0.1) is 19.6 Å². The van der Waals surface area contributed by atoms with Crippen molar-refractivity contribution >= 4 is 12.1 Å². The summed E-state index contributed by atoms with van der Waals surface area (Å²) in [5, 5.41) is 0. The zero-order chi connectivity index (χ0) is 17.4. The van der Waals surface area contributed by atoms with E-state index in [1.165, 1.54) is 7.11 Å². The third-order valence-corrected chi connectivity index (χ3v) is 4.25. The molecule has 1 aliphatic heterocycles. The lowest BCUT2D eigenvalue weighted by Crippen LogP contribution is -2.50. The van der Waals surface area contributed by atoms with E-state index in [2.05, 4.69) is 0 Å². The molecular weight excluding hydrogens is 306 g/mol. The van der Waals surface area contributed by atoms with Crippen LogP contribution < -0.4 is 0 Å². The average molecular weight is 331 g/mol. The molecule has 0 radical (unpaired) electrons. The summed E-state index contributed by atoms with van der Waals surface area (Å²) in [5.41, 5.74) is 0.940. The first kappa shape index (κ1) is 18.0. The van der Waals surface area contributed by atoms with E-state index in [0.29, 0.717) is 0 Å². The molecule has 0 spiro atoms. The third-order valence-electron chi connectivity index (χ3n) is 4.25. The van der Waals surface area contributed by atoms with Crippen LogP contribution >= 0.6 is 0 Å². The quantitative estimate of drug-likeness (QED) is 0.610. The van der Waals surface area contributed by atoms with Gasteiger partial charge < -0.3 is 9.47 Å². The fourth-order valence-electron chi connectivity index (χ4n) is 3.08. The van der Waals surface area contributed by atoms with E-state index in [9.17, 15) is 9.59 Å². The minimum absolute atomic E-state index is 0.0401. The summed E-state index contributed by atoms with van der Waals surface area (Å²) in [6, 6.07) is 9.35. The maximum Gasteiger partial charge on any atom is 0.410 e. The van der Waals surface area contributed by atoms with Gasteiger partial charge in [0, 0.05) is 6.04 Å². The molecule has 1 amide bonds. The minimum Gasteiger partial charge on any atom is -0.469 e. The molecule has 5 heteroatoms. The van der Waals surface area contributed by atoms with Crippen molar-refractivity contribution in [3.63, 3.8) is 0 Å². The number of rotatable bonds is 5. The first-order valence-electron chi connectivity index (χ1n) is 8.34. The molecule has 0 aromatic heterocycles. The lowest BCUT2D eigenvalue weighted by atomic mass is 9.93. The predicted molar refractivity (Wildman–Crippen MR) is 91.3 cm³/mol. The molecular formula is C19H25NO4. The molecule has 1 aromatic carbocycles. The fraction of sp³-hybridized carbons (Fsp3) is 0.474. The number of carbonyl (C=O) groups excluding carboxylic acids is 2. The van der Waals surface area contributed by atoms with Gasteiger partial charge in [0.2, 0.25) is 0 Å². The van der Waals surface area contributed by atoms with Crippen molar-refractivity contribution in [3.05, 3.63) is 48.0 Å². The van der Waals surface area contributed by atoms with Gasteiger partial charge in [-0.2, -0.15) is 0 Å². The van der Waals surface area contributed by atoms with Crippen LogP contribution in [0.15, 0.2) is 42.5 Å². The number of hydrogen-bond donors (Lipinski definition) is 0. The molecule has 0 aliphatic carbocycles. The highest BCUT2D eigenvalue weighted by atomic mass is 16.6. The second-order valence-corrected chi connectivity index (χ2v) is 5.91. The zero-order valence-corrected chi connectivity index (χ0v) is 14.3. The molecule has 0 saturated carbocycles. The smallest absolute Gasteiger partial charge is 0.410 e. The maximum absolute atomic E-state index is 12.7. The van der Waals surface area contributed by atoms with Gasteiger partial charge in [-0.05, 0) is 31.7 Å². The fourth-order valence-corrected chi connectivity index (χ4v) is 3.08. The van der Waals surface area contributed by atoms with Gasteiger partial charge in [0.15, 0.2) is 0 Å². The lowest BCUT2D eigenvalue weighted by molar-refractivity contribution is -0.142. The van der Waals surface area contributed by atoms with Crippen molar-refractivity contribution in [2.24, 2.45) is 0 Å². The van der Waals surface area contributed by atoms with Crippen LogP contribution in [0.1, 0.15) is 38.2 Å². The molecule has 0 unspecified atom stereocenters. The van der Waals surface area contributed by atoms with Crippen LogP contribution in [0.2, 0.25) is 0 Å². The van der Waals surface area contributed by atoms with Crippen LogP contribution in [0.4, 0.5) is 4.79 Å². The maximum atomic E-state index is 12.7. The Morgan fingerprint density at radius 2 is 2.00 bits per heavy atom. The Labute approximate surface area is 143 Å². The Morgan fingerprint density at radius 3 is 2.67 bits per heavy atom. The summed E-state index contributed by atoms with van der Waals surface area (Å²) >= 11 is 0. The minimum atomic E-state index is -0.379. The average Bonchev–Trinajstić information content (AvgIpc) is 2.61. The van der Waals surface area contributed by atoms with Gasteiger partial charge in [-0.1, -0.05) is 42.5 Å². The molecule has 2 atom stereocenters. The monoisotopic (exact) mass is 331 g/mol. The first-order chi connectivity index (χ1) is 11.7. The zero-order valence-electron chi connectivity index (χ0n) is 14.3. The highest BCUT2D eigenvalue weighted by molar-refractivity contribution is 5.73. The lowest BCUT2D eigenvalue weighted by Gasteiger charge is -2.39. The Balaban J connectivity index is 2.08. The molecule has 2 rings (SSSR count). The standard InChI is InChI=1S/C19H25NO4/c1-3-8-16-11-7-12-17(13-18(21)23-2)20(16)19(22)24-14-15-9-5-4-6-10-15/h3-6,8-10,16-17H,7,11-14H2,1-2H3/b8-3-/t16-,17-/m1/s1. The molecule has 24 heavy (non-hydrogen) atoms. The van der Waals surface area contributed by atoms with Gasteiger partial charge in [0.1, 0.15) is 6.61 Å². The highest BCUT2D eigenvalue weighted by Crippen LogP contribution is 2.27. The molecule has 1 saturated heterocycles. The third kappa shape index (κ3) is 4.85. The highest BCUT2D eigenvalue weighted by Gasteiger charge is 2.35. The van der Waals surface area contributed by atoms with E-state index in [-0.39, 0.29) is 37.2 Å². The van der Waals surface area contributed by atoms with Gasteiger partial charge in [-0.3, -0.25) is 9.69 Å². The summed E-state index contributed by atoms with van der Waals surface area (Å²) in [5.74, 6) is -0.304. The predicted octanol–water partition coefficient (Wildman–Crippen LogP) is 3.69. The number of carbonyl (C=O) groups is 2. The molecule has 130 valence electrons. The van der Waals surface area contributed by atoms with Gasteiger partial charge in [0.25, 0.3) is 0 Å². The van der Waals surface area contributed by atoms with Crippen molar-refractivity contribution in [1.29, 1.82) is 0 Å². The second kappa shape index (κ2) is 9.11. The Morgan fingerprint density at radius 1 is 1.25 bits per heavy atom. The molecule has 1 aromatic rings. The van der Waals surface area contributed by atoms with Crippen molar-refractivity contribution in [2.45, 2.75) is 51.3 Å². The van der Waals surface area contributed by atoms with Crippen molar-refractivity contribution in [2.75, 3.05) is 7.11 Å². The van der Waals surface area contributed by atoms with Crippen LogP contribution in [-0.2, 0) is 20.9 Å². The van der Waals surface area contributed by atoms with Gasteiger partial charge in [-0.15, -0.1) is 0 Å². The van der Waals surface area contributed by atoms with E-state index < -0.39 is 0 Å². The SMILES string of the molecule is C/C=C\[C@@H]1CCC[C@H](CC(=O)OC)N1C(=O)OCc1ccccc1. The van der Waals surface area contributed by atoms with Crippen LogP contribution in [-0.4, -0.2) is 36.2 Å². The number of esters is 1. The molecule has 0 N–H and O–H groups in total. The summed E-state index contributed by atoms with van der Waals surface area (Å²) in [7, 11) is 1.37. The van der Waals surface area contributed by atoms with E-state index in [4.69, 9.17) is 9.47 Å². The number of piperidine rings is 1. The van der Waals surface area contributed by atoms with Crippen LogP contribution in [0.3, 0.4) is 0 Å². The van der Waals surface area contributed by atoms with E-state index in [1.54, 1.807) is 4.90 Å². The molecule has 1 heterocycles. The molecule has 0 bridgehead atoms. The molecule has 5 nitrogen and oxygen atoms in total. The normalized spacial score (nSPS) is 20.8. The van der Waals surface area contributed by atoms with Crippen LogP contribution in [0, 0.1) is 0 Å². The summed E-state index contributed by atoms with van der Waals surface area (Å²) in [4.78, 5) is 26.0. The van der Waals surface area contributed by atoms with Gasteiger partial charge in [-0.25, -0.2) is 4.79 Å². The largest absolute Gasteiger partial charge is 0.469 e. The number of likely N-dealkylation sites (tertiary alicyclic amines) is 1. The number of allylic oxidation sites excluding steroid dienone is 1. The molecule has 1 aliphatic rings. The Hall–Kier alpha value is -2.30. The van der Waals surface area contributed by atoms with E-state index in [0.717, 1.165) is 24.8 Å². The van der Waals surface area contributed by atoms with Crippen molar-refractivity contribution < 1.29 is 19.1 Å². The molecule has 1 fully saturated rings. The summed E-state index contributed by atoms with van der Waals surface area (Å²) < 4.78 is 10.3. The van der Waals surface area contributed by atoms with Crippen molar-refractivity contribution in [1.82, 2.24) is 4.90 Å². The second-order valence-electron chi connectivity index (χ2n) is 5.91. The number of amides is 1. The van der Waals surface area contributed by atoms with Gasteiger partial charge >= 0.3 is 12.1 Å². The number of methoxy groups -OCH3 is 1. The van der Waals surface area contributed by atoms with E-state index >= 15 is 0 Å². The Kier molecular flexibility index (Phi) is 6.85. The number of ether oxygens (including phenoxy) is 2. The number of benzene rings is 1. The summed E-state index contributed by atoms with van der Waals surface area (Å²) in [6.45, 7) is 2.15. The van der Waals surface area contributed by atoms with Crippen molar-refractivity contribution in [3.8, 4) is 0 Å². The first-order valence-corrected chi connectivity index (χ1v) is 8.34. The number of hydrogen-bond acceptors (Lipinski definition) is 4.